The Morgan fingerprint density at radius 2 is 2.44 bits per heavy atom. The van der Waals surface area contributed by atoms with E-state index in [1.807, 2.05) is 6.92 Å². The predicted octanol–water partition coefficient (Wildman–Crippen LogP) is 0.611. The van der Waals surface area contributed by atoms with Crippen LogP contribution < -0.4 is 10.6 Å². The van der Waals surface area contributed by atoms with Gasteiger partial charge in [0.15, 0.2) is 0 Å². The fraction of sp³-hybridized carbons (Fsp3) is 0.818. The van der Waals surface area contributed by atoms with Crippen molar-refractivity contribution in [3.05, 3.63) is 0 Å². The number of carboxylic acids is 1. The Kier molecular flexibility index (Phi) is 5.85. The number of nitrogens with one attached hydrogen (secondary N) is 2. The van der Waals surface area contributed by atoms with Crippen LogP contribution in [-0.2, 0) is 4.79 Å². The van der Waals surface area contributed by atoms with E-state index in [0.717, 1.165) is 38.3 Å². The zero-order chi connectivity index (χ0) is 11.8. The molecule has 1 heterocycles. The molecule has 1 aliphatic rings. The summed E-state index contributed by atoms with van der Waals surface area (Å²) in [5.74, 6) is 0.241. The maximum atomic E-state index is 10.4. The van der Waals surface area contributed by atoms with Crippen LogP contribution in [0.4, 0.5) is 0 Å². The highest BCUT2D eigenvalue weighted by Crippen LogP contribution is 2.02. The summed E-state index contributed by atoms with van der Waals surface area (Å²) in [6.45, 7) is 4.68. The minimum absolute atomic E-state index is 0.244. The molecular formula is C11H21N3O2. The molecule has 0 amide bonds. The molecule has 0 saturated heterocycles. The van der Waals surface area contributed by atoms with E-state index in [1.165, 1.54) is 0 Å². The molecule has 3 N–H and O–H groups in total. The Morgan fingerprint density at radius 3 is 3.19 bits per heavy atom. The molecule has 1 atom stereocenters. The van der Waals surface area contributed by atoms with Gasteiger partial charge in [0.25, 0.3) is 0 Å². The first-order valence-electron chi connectivity index (χ1n) is 5.88. The van der Waals surface area contributed by atoms with Gasteiger partial charge in [-0.15, -0.1) is 0 Å². The van der Waals surface area contributed by atoms with Crippen molar-refractivity contribution < 1.29 is 9.90 Å². The van der Waals surface area contributed by atoms with Crippen LogP contribution in [0, 0.1) is 0 Å². The van der Waals surface area contributed by atoms with Crippen LogP contribution >= 0.6 is 0 Å². The normalized spacial score (nSPS) is 22.3. The molecule has 92 valence electrons. The number of aliphatic carboxylic acids is 1. The fourth-order valence-electron chi connectivity index (χ4n) is 1.79. The quantitative estimate of drug-likeness (QED) is 0.658. The number of carbonyl (C=O) groups is 1. The maximum Gasteiger partial charge on any atom is 0.303 e. The molecule has 16 heavy (non-hydrogen) atoms. The second kappa shape index (κ2) is 7.22. The minimum atomic E-state index is -0.721. The van der Waals surface area contributed by atoms with Gasteiger partial charge in [0, 0.05) is 25.6 Å². The van der Waals surface area contributed by atoms with E-state index in [4.69, 9.17) is 5.11 Å². The average molecular weight is 227 g/mol. The Hall–Kier alpha value is -1.10. The van der Waals surface area contributed by atoms with Gasteiger partial charge in [-0.3, -0.25) is 9.79 Å². The van der Waals surface area contributed by atoms with Crippen LogP contribution in [-0.4, -0.2) is 42.6 Å². The molecule has 0 saturated carbocycles. The summed E-state index contributed by atoms with van der Waals surface area (Å²) in [5.41, 5.74) is 0. The van der Waals surface area contributed by atoms with Crippen LogP contribution in [0.5, 0.6) is 0 Å². The molecule has 5 nitrogen and oxygen atoms in total. The van der Waals surface area contributed by atoms with E-state index in [2.05, 4.69) is 15.6 Å². The van der Waals surface area contributed by atoms with Crippen molar-refractivity contribution >= 4 is 11.8 Å². The molecule has 0 aromatic carbocycles. The van der Waals surface area contributed by atoms with Crippen molar-refractivity contribution in [2.75, 3.05) is 19.6 Å². The van der Waals surface area contributed by atoms with Crippen molar-refractivity contribution in [1.29, 1.82) is 0 Å². The predicted molar refractivity (Wildman–Crippen MR) is 63.9 cm³/mol. The zero-order valence-corrected chi connectivity index (χ0v) is 9.83. The SMILES string of the molecule is CC1=NCCCNCC(CCCC(=O)O)N1. The number of nitrogens with zero attached hydrogens (tertiary/aromatic N) is 1. The van der Waals surface area contributed by atoms with Crippen molar-refractivity contribution in [1.82, 2.24) is 10.6 Å². The van der Waals surface area contributed by atoms with Crippen LogP contribution in [0.25, 0.3) is 0 Å². The monoisotopic (exact) mass is 227 g/mol. The number of amidine groups is 1. The molecule has 5 heteroatoms. The van der Waals surface area contributed by atoms with Gasteiger partial charge >= 0.3 is 5.97 Å². The van der Waals surface area contributed by atoms with Crippen molar-refractivity contribution in [2.24, 2.45) is 4.99 Å². The van der Waals surface area contributed by atoms with Crippen LogP contribution in [0.3, 0.4) is 0 Å². The summed E-state index contributed by atoms with van der Waals surface area (Å²) in [6, 6.07) is 0.293. The summed E-state index contributed by atoms with van der Waals surface area (Å²) in [7, 11) is 0. The van der Waals surface area contributed by atoms with Crippen LogP contribution in [0.15, 0.2) is 4.99 Å². The lowest BCUT2D eigenvalue weighted by molar-refractivity contribution is -0.137. The van der Waals surface area contributed by atoms with Crippen molar-refractivity contribution in [3.8, 4) is 0 Å². The standard InChI is InChI=1S/C11H21N3O2/c1-9-13-7-3-6-12-8-10(14-9)4-2-5-11(15)16/h10,12H,2-8H2,1H3,(H,13,14)(H,15,16). The Labute approximate surface area is 96.3 Å². The Bertz CT molecular complexity index is 254. The minimum Gasteiger partial charge on any atom is -0.481 e. The lowest BCUT2D eigenvalue weighted by Crippen LogP contribution is -2.40. The molecule has 1 unspecified atom stereocenters. The fourth-order valence-corrected chi connectivity index (χ4v) is 1.79. The van der Waals surface area contributed by atoms with Crippen molar-refractivity contribution in [2.45, 2.75) is 38.6 Å². The van der Waals surface area contributed by atoms with Gasteiger partial charge in [-0.25, -0.2) is 0 Å². The highest BCUT2D eigenvalue weighted by Gasteiger charge is 2.10. The van der Waals surface area contributed by atoms with Gasteiger partial charge in [0.1, 0.15) is 0 Å². The molecule has 0 radical (unpaired) electrons. The smallest absolute Gasteiger partial charge is 0.303 e. The third-order valence-corrected chi connectivity index (χ3v) is 2.61. The molecule has 1 rings (SSSR count). The third kappa shape index (κ3) is 5.70. The van der Waals surface area contributed by atoms with Gasteiger partial charge < -0.3 is 15.7 Å². The molecule has 0 bridgehead atoms. The second-order valence-corrected chi connectivity index (χ2v) is 4.15. The Morgan fingerprint density at radius 1 is 1.62 bits per heavy atom. The van der Waals surface area contributed by atoms with E-state index in [-0.39, 0.29) is 6.42 Å². The average Bonchev–Trinajstić information content (AvgIpc) is 2.30. The van der Waals surface area contributed by atoms with E-state index in [0.29, 0.717) is 12.5 Å². The largest absolute Gasteiger partial charge is 0.481 e. The number of aliphatic imine (C=N–C) groups is 1. The van der Waals surface area contributed by atoms with Gasteiger partial charge in [0.2, 0.25) is 0 Å². The maximum absolute atomic E-state index is 10.4. The van der Waals surface area contributed by atoms with Crippen LogP contribution in [0.1, 0.15) is 32.6 Å². The van der Waals surface area contributed by atoms with E-state index >= 15 is 0 Å². The first kappa shape index (κ1) is 13.0. The molecular weight excluding hydrogens is 206 g/mol. The summed E-state index contributed by atoms with van der Waals surface area (Å²) in [4.78, 5) is 14.8. The Balaban J connectivity index is 2.33. The topological polar surface area (TPSA) is 73.7 Å². The van der Waals surface area contributed by atoms with Crippen molar-refractivity contribution in [3.63, 3.8) is 0 Å². The zero-order valence-electron chi connectivity index (χ0n) is 9.83. The molecule has 0 spiro atoms. The van der Waals surface area contributed by atoms with Gasteiger partial charge in [-0.1, -0.05) is 0 Å². The summed E-state index contributed by atoms with van der Waals surface area (Å²) in [5, 5.41) is 15.3. The lowest BCUT2D eigenvalue weighted by Gasteiger charge is -2.18. The summed E-state index contributed by atoms with van der Waals surface area (Å²) >= 11 is 0. The van der Waals surface area contributed by atoms with Crippen LogP contribution in [0.2, 0.25) is 0 Å². The van der Waals surface area contributed by atoms with E-state index in [9.17, 15) is 4.79 Å². The second-order valence-electron chi connectivity index (χ2n) is 4.15. The number of rotatable bonds is 4. The molecule has 0 fully saturated rings. The molecule has 0 aliphatic carbocycles. The molecule has 1 aliphatic heterocycles. The molecule has 0 aromatic heterocycles. The summed E-state index contributed by atoms with van der Waals surface area (Å²) in [6.07, 6.45) is 2.88. The number of carboxylic acid groups (broad SMARTS) is 1. The first-order chi connectivity index (χ1) is 7.68. The highest BCUT2D eigenvalue weighted by atomic mass is 16.4. The van der Waals surface area contributed by atoms with Gasteiger partial charge in [-0.2, -0.15) is 0 Å². The summed E-state index contributed by atoms with van der Waals surface area (Å²) < 4.78 is 0. The number of hydrogen-bond donors (Lipinski definition) is 3. The first-order valence-corrected chi connectivity index (χ1v) is 5.88. The third-order valence-electron chi connectivity index (χ3n) is 2.61. The lowest BCUT2D eigenvalue weighted by atomic mass is 10.1. The van der Waals surface area contributed by atoms with E-state index in [1.54, 1.807) is 0 Å². The van der Waals surface area contributed by atoms with E-state index < -0.39 is 5.97 Å². The van der Waals surface area contributed by atoms with Gasteiger partial charge in [-0.05, 0) is 32.7 Å². The molecule has 0 aromatic rings. The highest BCUT2D eigenvalue weighted by molar-refractivity contribution is 5.79. The number of hydrogen-bond acceptors (Lipinski definition) is 4. The van der Waals surface area contributed by atoms with Gasteiger partial charge in [0.05, 0.1) is 5.84 Å².